The molecule has 0 amide bonds. The third kappa shape index (κ3) is 3.62. The van der Waals surface area contributed by atoms with E-state index < -0.39 is 0 Å². The first-order chi connectivity index (χ1) is 8.79. The summed E-state index contributed by atoms with van der Waals surface area (Å²) < 4.78 is 5.68. The van der Waals surface area contributed by atoms with Crippen LogP contribution in [0.15, 0.2) is 24.3 Å². The summed E-state index contributed by atoms with van der Waals surface area (Å²) in [6, 6.07) is 8.12. The van der Waals surface area contributed by atoms with Crippen LogP contribution >= 0.6 is 0 Å². The van der Waals surface area contributed by atoms with E-state index in [2.05, 4.69) is 4.90 Å². The van der Waals surface area contributed by atoms with Gasteiger partial charge in [-0.3, -0.25) is 4.90 Å². The summed E-state index contributed by atoms with van der Waals surface area (Å²) in [6.45, 7) is 2.46. The monoisotopic (exact) mass is 250 g/mol. The van der Waals surface area contributed by atoms with Gasteiger partial charge in [0.2, 0.25) is 0 Å². The molecule has 18 heavy (non-hydrogen) atoms. The Hall–Kier alpha value is -1.26. The minimum atomic E-state index is 0.217. The summed E-state index contributed by atoms with van der Waals surface area (Å²) in [5.74, 6) is 0.813. The Bertz CT molecular complexity index is 367. The lowest BCUT2D eigenvalue weighted by atomic mass is 9.91. The number of nitrogens with zero attached hydrogens (tertiary/aromatic N) is 1. The number of hydrogen-bond acceptors (Lipinski definition) is 4. The first-order valence-corrected chi connectivity index (χ1v) is 6.63. The van der Waals surface area contributed by atoms with E-state index in [1.54, 1.807) is 0 Å². The van der Waals surface area contributed by atoms with Gasteiger partial charge in [0.1, 0.15) is 12.4 Å². The average Bonchev–Trinajstić information content (AvgIpc) is 2.27. The fourth-order valence-electron chi connectivity index (χ4n) is 2.24. The summed E-state index contributed by atoms with van der Waals surface area (Å²) in [5, 5.41) is 9.06. The predicted molar refractivity (Wildman–Crippen MR) is 72.6 cm³/mol. The van der Waals surface area contributed by atoms with Gasteiger partial charge in [-0.25, -0.2) is 0 Å². The number of benzene rings is 1. The molecule has 0 atom stereocenters. The number of nitrogens with two attached hydrogens (primary N) is 1. The fourth-order valence-corrected chi connectivity index (χ4v) is 2.24. The summed E-state index contributed by atoms with van der Waals surface area (Å²) in [7, 11) is 0. The van der Waals surface area contributed by atoms with Crippen LogP contribution < -0.4 is 10.5 Å². The molecule has 0 radical (unpaired) electrons. The van der Waals surface area contributed by atoms with Crippen LogP contribution in [0.2, 0.25) is 0 Å². The lowest BCUT2D eigenvalue weighted by Crippen LogP contribution is -2.43. The highest BCUT2D eigenvalue weighted by molar-refractivity contribution is 5.43. The molecule has 1 saturated carbocycles. The van der Waals surface area contributed by atoms with Crippen molar-refractivity contribution < 1.29 is 9.84 Å². The highest BCUT2D eigenvalue weighted by atomic mass is 16.5. The summed E-state index contributed by atoms with van der Waals surface area (Å²) >= 11 is 0. The summed E-state index contributed by atoms with van der Waals surface area (Å²) in [4.78, 5) is 2.32. The Morgan fingerprint density at radius 1 is 1.33 bits per heavy atom. The van der Waals surface area contributed by atoms with Crippen LogP contribution in [0.4, 0.5) is 5.69 Å². The van der Waals surface area contributed by atoms with Crippen molar-refractivity contribution in [2.24, 2.45) is 0 Å². The van der Waals surface area contributed by atoms with Gasteiger partial charge in [-0.05, 0) is 25.0 Å². The van der Waals surface area contributed by atoms with Gasteiger partial charge in [0, 0.05) is 30.9 Å². The molecule has 3 N–H and O–H groups in total. The molecule has 1 aromatic carbocycles. The summed E-state index contributed by atoms with van der Waals surface area (Å²) in [6.07, 6.45) is 3.80. The molecule has 0 unspecified atom stereocenters. The molecule has 0 heterocycles. The smallest absolute Gasteiger partial charge is 0.121 e. The van der Waals surface area contributed by atoms with E-state index in [4.69, 9.17) is 15.6 Å². The number of nitrogen functional groups attached to an aromatic ring is 1. The van der Waals surface area contributed by atoms with Crippen molar-refractivity contribution in [3.05, 3.63) is 24.3 Å². The topological polar surface area (TPSA) is 58.7 Å². The van der Waals surface area contributed by atoms with Gasteiger partial charge in [0.15, 0.2) is 0 Å². The summed E-state index contributed by atoms with van der Waals surface area (Å²) in [5.41, 5.74) is 6.41. The molecule has 1 aromatic rings. The lowest BCUT2D eigenvalue weighted by molar-refractivity contribution is 0.0860. The van der Waals surface area contributed by atoms with E-state index in [-0.39, 0.29) is 6.61 Å². The maximum absolute atomic E-state index is 9.06. The molecule has 4 heteroatoms. The van der Waals surface area contributed by atoms with Crippen molar-refractivity contribution in [3.8, 4) is 5.75 Å². The second kappa shape index (κ2) is 6.61. The molecule has 1 fully saturated rings. The zero-order chi connectivity index (χ0) is 12.8. The third-order valence-corrected chi connectivity index (χ3v) is 3.48. The van der Waals surface area contributed by atoms with E-state index >= 15 is 0 Å². The van der Waals surface area contributed by atoms with Crippen molar-refractivity contribution in [3.63, 3.8) is 0 Å². The maximum atomic E-state index is 9.06. The Balaban J connectivity index is 1.75. The van der Waals surface area contributed by atoms with Crippen LogP contribution in [0.5, 0.6) is 5.75 Å². The number of anilines is 1. The van der Waals surface area contributed by atoms with Crippen molar-refractivity contribution in [1.29, 1.82) is 0 Å². The van der Waals surface area contributed by atoms with E-state index in [1.807, 2.05) is 24.3 Å². The number of aliphatic hydroxyl groups excluding tert-OH is 1. The molecule has 0 bridgehead atoms. The van der Waals surface area contributed by atoms with Crippen LogP contribution in [0, 0.1) is 0 Å². The van der Waals surface area contributed by atoms with E-state index in [0.717, 1.165) is 24.5 Å². The Kier molecular flexibility index (Phi) is 4.84. The number of rotatable bonds is 7. The second-order valence-electron chi connectivity index (χ2n) is 4.77. The molecule has 1 aliphatic rings. The Morgan fingerprint density at radius 2 is 2.17 bits per heavy atom. The lowest BCUT2D eigenvalue weighted by Gasteiger charge is -2.37. The van der Waals surface area contributed by atoms with Crippen LogP contribution in [-0.2, 0) is 0 Å². The third-order valence-electron chi connectivity index (χ3n) is 3.48. The first-order valence-electron chi connectivity index (χ1n) is 6.63. The van der Waals surface area contributed by atoms with Crippen LogP contribution in [-0.4, -0.2) is 42.4 Å². The largest absolute Gasteiger partial charge is 0.492 e. The van der Waals surface area contributed by atoms with Gasteiger partial charge in [0.25, 0.3) is 0 Å². The van der Waals surface area contributed by atoms with Crippen molar-refractivity contribution in [1.82, 2.24) is 4.90 Å². The van der Waals surface area contributed by atoms with E-state index in [1.165, 1.54) is 19.3 Å². The van der Waals surface area contributed by atoms with E-state index in [9.17, 15) is 0 Å². The van der Waals surface area contributed by atoms with Crippen molar-refractivity contribution in [2.75, 3.05) is 32.0 Å². The van der Waals surface area contributed by atoms with Crippen molar-refractivity contribution >= 4 is 5.69 Å². The zero-order valence-corrected chi connectivity index (χ0v) is 10.7. The Morgan fingerprint density at radius 3 is 2.78 bits per heavy atom. The van der Waals surface area contributed by atoms with Crippen molar-refractivity contribution in [2.45, 2.75) is 25.3 Å². The van der Waals surface area contributed by atoms with Gasteiger partial charge in [-0.2, -0.15) is 0 Å². The van der Waals surface area contributed by atoms with Crippen LogP contribution in [0.3, 0.4) is 0 Å². The zero-order valence-electron chi connectivity index (χ0n) is 10.7. The minimum Gasteiger partial charge on any atom is -0.492 e. The van der Waals surface area contributed by atoms with E-state index in [0.29, 0.717) is 12.6 Å². The number of ether oxygens (including phenoxy) is 1. The van der Waals surface area contributed by atoms with Gasteiger partial charge < -0.3 is 15.6 Å². The first kappa shape index (κ1) is 13.2. The molecule has 0 aromatic heterocycles. The second-order valence-corrected chi connectivity index (χ2v) is 4.77. The van der Waals surface area contributed by atoms with Gasteiger partial charge in [0.05, 0.1) is 6.61 Å². The average molecular weight is 250 g/mol. The van der Waals surface area contributed by atoms with Gasteiger partial charge >= 0.3 is 0 Å². The molecule has 2 rings (SSSR count). The molecular weight excluding hydrogens is 228 g/mol. The Labute approximate surface area is 108 Å². The SMILES string of the molecule is Nc1cccc(OCCN(CCO)C2CCC2)c1. The molecule has 1 aliphatic carbocycles. The molecule has 100 valence electrons. The number of hydrogen-bond donors (Lipinski definition) is 2. The van der Waals surface area contributed by atoms with Crippen LogP contribution in [0.1, 0.15) is 19.3 Å². The maximum Gasteiger partial charge on any atom is 0.121 e. The molecule has 4 nitrogen and oxygen atoms in total. The van der Waals surface area contributed by atoms with Gasteiger partial charge in [-0.1, -0.05) is 12.5 Å². The van der Waals surface area contributed by atoms with Crippen LogP contribution in [0.25, 0.3) is 0 Å². The number of aliphatic hydroxyl groups is 1. The standard InChI is InChI=1S/C14H22N2O2/c15-12-3-1-6-14(11-12)18-10-8-16(7-9-17)13-4-2-5-13/h1,3,6,11,13,17H,2,4-5,7-10,15H2. The molecular formula is C14H22N2O2. The highest BCUT2D eigenvalue weighted by Gasteiger charge is 2.24. The quantitative estimate of drug-likeness (QED) is 0.720. The predicted octanol–water partition coefficient (Wildman–Crippen LogP) is 1.49. The molecule has 0 saturated heterocycles. The highest BCUT2D eigenvalue weighted by Crippen LogP contribution is 2.24. The molecule has 0 spiro atoms. The fraction of sp³-hybridized carbons (Fsp3) is 0.571. The minimum absolute atomic E-state index is 0.217. The molecule has 0 aliphatic heterocycles. The van der Waals surface area contributed by atoms with Gasteiger partial charge in [-0.15, -0.1) is 0 Å². The normalized spacial score (nSPS) is 15.7.